The Morgan fingerprint density at radius 3 is 2.27 bits per heavy atom. The second-order valence-electron chi connectivity index (χ2n) is 4.04. The average molecular weight is 218 g/mol. The van der Waals surface area contributed by atoms with Gasteiger partial charge >= 0.3 is 0 Å². The van der Waals surface area contributed by atoms with Gasteiger partial charge in [-0.25, -0.2) is 0 Å². The molecule has 0 spiro atoms. The Labute approximate surface area is 93.3 Å². The largest absolute Gasteiger partial charge is 0.359 e. The topological polar surface area (TPSA) is 67.8 Å². The number of ether oxygens (including phenoxy) is 1. The third-order valence-electron chi connectivity index (χ3n) is 2.42. The minimum absolute atomic E-state index is 0.0521. The summed E-state index contributed by atoms with van der Waals surface area (Å²) in [4.78, 5) is 4.12. The van der Waals surface area contributed by atoms with Crippen molar-refractivity contribution in [3.63, 3.8) is 0 Å². The molecule has 0 amide bonds. The number of likely N-dealkylation sites (N-methyl/N-ethyl adjacent to an activating group) is 1. The van der Waals surface area contributed by atoms with Crippen molar-refractivity contribution in [3.05, 3.63) is 0 Å². The van der Waals surface area contributed by atoms with Crippen molar-refractivity contribution in [2.24, 2.45) is 11.5 Å². The molecule has 0 aliphatic rings. The molecule has 5 nitrogen and oxygen atoms in total. The maximum absolute atomic E-state index is 5.78. The highest BCUT2D eigenvalue weighted by molar-refractivity contribution is 4.60. The third kappa shape index (κ3) is 6.81. The molecule has 0 aliphatic carbocycles. The fourth-order valence-corrected chi connectivity index (χ4v) is 1.38. The molecule has 0 saturated heterocycles. The van der Waals surface area contributed by atoms with Crippen molar-refractivity contribution >= 4 is 0 Å². The lowest BCUT2D eigenvalue weighted by Crippen LogP contribution is -2.41. The maximum Gasteiger partial charge on any atom is 0.108 e. The average Bonchev–Trinajstić information content (AvgIpc) is 2.16. The van der Waals surface area contributed by atoms with Crippen LogP contribution in [0, 0.1) is 0 Å². The lowest BCUT2D eigenvalue weighted by molar-refractivity contribution is -0.0790. The predicted molar refractivity (Wildman–Crippen MR) is 63.4 cm³/mol. The molecule has 5 heteroatoms. The first kappa shape index (κ1) is 14.8. The second kappa shape index (κ2) is 8.01. The Bertz CT molecular complexity index is 156. The smallest absolute Gasteiger partial charge is 0.108 e. The van der Waals surface area contributed by atoms with E-state index in [-0.39, 0.29) is 12.3 Å². The Balaban J connectivity index is 3.76. The van der Waals surface area contributed by atoms with E-state index in [1.807, 2.05) is 25.9 Å². The molecule has 0 aliphatic heterocycles. The maximum atomic E-state index is 5.78. The van der Waals surface area contributed by atoms with E-state index in [9.17, 15) is 0 Å². The minimum Gasteiger partial charge on any atom is -0.359 e. The molecule has 0 aromatic heterocycles. The van der Waals surface area contributed by atoms with Gasteiger partial charge in [-0.05, 0) is 27.9 Å². The van der Waals surface area contributed by atoms with Gasteiger partial charge in [-0.2, -0.15) is 0 Å². The molecule has 0 aromatic carbocycles. The van der Waals surface area contributed by atoms with Gasteiger partial charge in [0.2, 0.25) is 0 Å². The van der Waals surface area contributed by atoms with Crippen LogP contribution in [-0.4, -0.2) is 62.5 Å². The summed E-state index contributed by atoms with van der Waals surface area (Å²) < 4.78 is 5.78. The van der Waals surface area contributed by atoms with Gasteiger partial charge in [-0.15, -0.1) is 0 Å². The van der Waals surface area contributed by atoms with Gasteiger partial charge in [-0.3, -0.25) is 4.90 Å². The van der Waals surface area contributed by atoms with Crippen LogP contribution in [0.2, 0.25) is 0 Å². The molecular formula is C10H26N4O. The van der Waals surface area contributed by atoms with Crippen molar-refractivity contribution in [1.29, 1.82) is 0 Å². The molecule has 0 rings (SSSR count). The highest BCUT2D eigenvalue weighted by Crippen LogP contribution is 2.02. The molecule has 0 aromatic rings. The summed E-state index contributed by atoms with van der Waals surface area (Å²) in [7, 11) is 3.99. The molecule has 0 fully saturated rings. The Morgan fingerprint density at radius 2 is 1.80 bits per heavy atom. The van der Waals surface area contributed by atoms with E-state index in [1.54, 1.807) is 0 Å². The van der Waals surface area contributed by atoms with E-state index in [0.29, 0.717) is 13.2 Å². The van der Waals surface area contributed by atoms with Gasteiger partial charge in [0.15, 0.2) is 0 Å². The standard InChI is InChI=1S/C10H26N4O/c1-9(7-13(3)6-5-11)15-10(2)14(4)8-12/h9-10H,5-8,11-12H2,1-4H3/t9-,10+/m0/s1. The van der Waals surface area contributed by atoms with Gasteiger partial charge in [0.05, 0.1) is 6.10 Å². The van der Waals surface area contributed by atoms with Gasteiger partial charge in [-0.1, -0.05) is 0 Å². The first-order valence-electron chi connectivity index (χ1n) is 5.45. The zero-order valence-electron chi connectivity index (χ0n) is 10.4. The van der Waals surface area contributed by atoms with Crippen LogP contribution in [0.15, 0.2) is 0 Å². The van der Waals surface area contributed by atoms with Crippen LogP contribution in [0.3, 0.4) is 0 Å². The van der Waals surface area contributed by atoms with Crippen LogP contribution in [0.5, 0.6) is 0 Å². The molecule has 0 bridgehead atoms. The summed E-state index contributed by atoms with van der Waals surface area (Å²) >= 11 is 0. The summed E-state index contributed by atoms with van der Waals surface area (Å²) in [5.74, 6) is 0. The van der Waals surface area contributed by atoms with E-state index in [2.05, 4.69) is 11.8 Å². The summed E-state index contributed by atoms with van der Waals surface area (Å²) in [5.41, 5.74) is 11.0. The summed E-state index contributed by atoms with van der Waals surface area (Å²) in [6.45, 7) is 7.04. The van der Waals surface area contributed by atoms with Crippen LogP contribution in [0.4, 0.5) is 0 Å². The zero-order chi connectivity index (χ0) is 11.8. The summed E-state index contributed by atoms with van der Waals surface area (Å²) in [5, 5.41) is 0. The number of nitrogens with two attached hydrogens (primary N) is 2. The van der Waals surface area contributed by atoms with E-state index < -0.39 is 0 Å². The van der Waals surface area contributed by atoms with Crippen LogP contribution in [-0.2, 0) is 4.74 Å². The Morgan fingerprint density at radius 1 is 1.20 bits per heavy atom. The molecule has 15 heavy (non-hydrogen) atoms. The molecular weight excluding hydrogens is 192 g/mol. The van der Waals surface area contributed by atoms with Gasteiger partial charge in [0, 0.05) is 26.3 Å². The quantitative estimate of drug-likeness (QED) is 0.536. The van der Waals surface area contributed by atoms with Gasteiger partial charge in [0.25, 0.3) is 0 Å². The zero-order valence-corrected chi connectivity index (χ0v) is 10.4. The van der Waals surface area contributed by atoms with Crippen LogP contribution >= 0.6 is 0 Å². The Kier molecular flexibility index (Phi) is 7.90. The van der Waals surface area contributed by atoms with E-state index >= 15 is 0 Å². The van der Waals surface area contributed by atoms with Crippen LogP contribution < -0.4 is 11.5 Å². The molecule has 0 radical (unpaired) electrons. The van der Waals surface area contributed by atoms with Crippen LogP contribution in [0.25, 0.3) is 0 Å². The van der Waals surface area contributed by atoms with E-state index in [1.165, 1.54) is 0 Å². The lowest BCUT2D eigenvalue weighted by Gasteiger charge is -2.28. The number of hydrogen-bond donors (Lipinski definition) is 2. The lowest BCUT2D eigenvalue weighted by atomic mass is 10.3. The normalized spacial score (nSPS) is 16.0. The predicted octanol–water partition coefficient (Wildman–Crippen LogP) is -0.524. The van der Waals surface area contributed by atoms with Gasteiger partial charge in [0.1, 0.15) is 6.23 Å². The molecule has 4 N–H and O–H groups in total. The highest BCUT2D eigenvalue weighted by atomic mass is 16.5. The molecule has 0 heterocycles. The molecule has 0 unspecified atom stereocenters. The summed E-state index contributed by atoms with van der Waals surface area (Å²) in [6, 6.07) is 0. The highest BCUT2D eigenvalue weighted by Gasteiger charge is 2.13. The Hall–Kier alpha value is -0.200. The summed E-state index contributed by atoms with van der Waals surface area (Å²) in [6.07, 6.45) is 0.238. The third-order valence-corrected chi connectivity index (χ3v) is 2.42. The number of rotatable bonds is 8. The fourth-order valence-electron chi connectivity index (χ4n) is 1.38. The number of hydrogen-bond acceptors (Lipinski definition) is 5. The van der Waals surface area contributed by atoms with Crippen molar-refractivity contribution in [2.45, 2.75) is 26.2 Å². The van der Waals surface area contributed by atoms with Crippen molar-refractivity contribution in [3.8, 4) is 0 Å². The van der Waals surface area contributed by atoms with Crippen LogP contribution in [0.1, 0.15) is 13.8 Å². The van der Waals surface area contributed by atoms with Crippen molar-refractivity contribution in [2.75, 3.05) is 40.4 Å². The molecule has 2 atom stereocenters. The first-order chi connectivity index (χ1) is 7.01. The van der Waals surface area contributed by atoms with Crippen molar-refractivity contribution < 1.29 is 4.74 Å². The second-order valence-corrected chi connectivity index (χ2v) is 4.04. The minimum atomic E-state index is 0.0521. The SMILES string of the molecule is C[C@@H](CN(C)CCN)O[C@H](C)N(C)CN. The first-order valence-corrected chi connectivity index (χ1v) is 5.45. The fraction of sp³-hybridized carbons (Fsp3) is 1.00. The van der Waals surface area contributed by atoms with Crippen molar-refractivity contribution in [1.82, 2.24) is 9.80 Å². The van der Waals surface area contributed by atoms with Gasteiger partial charge < -0.3 is 21.1 Å². The van der Waals surface area contributed by atoms with E-state index in [0.717, 1.165) is 13.1 Å². The van der Waals surface area contributed by atoms with E-state index in [4.69, 9.17) is 16.2 Å². The molecule has 0 saturated carbocycles. The number of nitrogens with zero attached hydrogens (tertiary/aromatic N) is 2. The monoisotopic (exact) mass is 218 g/mol. The molecule has 92 valence electrons.